The lowest BCUT2D eigenvalue weighted by Gasteiger charge is -2.15. The minimum Gasteiger partial charge on any atom is -0.359 e. The number of hydrogen-bond donors (Lipinski definition) is 1. The first-order valence-electron chi connectivity index (χ1n) is 7.31. The summed E-state index contributed by atoms with van der Waals surface area (Å²) in [5, 5.41) is 3.43. The highest BCUT2D eigenvalue weighted by molar-refractivity contribution is 5.75. The Morgan fingerprint density at radius 3 is 2.43 bits per heavy atom. The van der Waals surface area contributed by atoms with Gasteiger partial charge in [-0.25, -0.2) is 0 Å². The molecule has 0 saturated carbocycles. The molecule has 1 N–H and O–H groups in total. The molecule has 0 spiro atoms. The topological polar surface area (TPSA) is 12.0 Å². The van der Waals surface area contributed by atoms with E-state index in [4.69, 9.17) is 0 Å². The van der Waals surface area contributed by atoms with E-state index in [0.29, 0.717) is 0 Å². The van der Waals surface area contributed by atoms with Gasteiger partial charge in [-0.15, -0.1) is 0 Å². The minimum absolute atomic E-state index is 0.924. The maximum Gasteiger partial charge on any atom is 0.0457 e. The third kappa shape index (κ3) is 4.35. The highest BCUT2D eigenvalue weighted by Crippen LogP contribution is 2.25. The van der Waals surface area contributed by atoms with Crippen LogP contribution in [0.1, 0.15) is 30.0 Å². The molecular weight excluding hydrogens is 254 g/mol. The van der Waals surface area contributed by atoms with Crippen molar-refractivity contribution in [1.29, 1.82) is 0 Å². The van der Waals surface area contributed by atoms with Gasteiger partial charge in [0.25, 0.3) is 0 Å². The Morgan fingerprint density at radius 2 is 1.76 bits per heavy atom. The molecule has 1 heteroatoms. The van der Waals surface area contributed by atoms with E-state index in [9.17, 15) is 0 Å². The third-order valence-corrected chi connectivity index (χ3v) is 3.50. The van der Waals surface area contributed by atoms with Crippen molar-refractivity contribution in [3.63, 3.8) is 0 Å². The van der Waals surface area contributed by atoms with Crippen LogP contribution in [0.4, 0.5) is 5.69 Å². The van der Waals surface area contributed by atoms with Crippen LogP contribution in [-0.2, 0) is 6.42 Å². The number of benzene rings is 2. The zero-order chi connectivity index (χ0) is 15.2. The minimum atomic E-state index is 0.924. The predicted molar refractivity (Wildman–Crippen MR) is 93.4 cm³/mol. The zero-order valence-electron chi connectivity index (χ0n) is 12.9. The Bertz CT molecular complexity index is 638. The predicted octanol–water partition coefficient (Wildman–Crippen LogP) is 5.59. The lowest BCUT2D eigenvalue weighted by atomic mass is 10.0. The van der Waals surface area contributed by atoms with Crippen molar-refractivity contribution in [3.8, 4) is 0 Å². The van der Waals surface area contributed by atoms with Crippen LogP contribution >= 0.6 is 0 Å². The van der Waals surface area contributed by atoms with Gasteiger partial charge in [0.05, 0.1) is 0 Å². The molecule has 0 atom stereocenters. The maximum absolute atomic E-state index is 4.15. The first-order valence-corrected chi connectivity index (χ1v) is 7.31. The van der Waals surface area contributed by atoms with Gasteiger partial charge in [0.2, 0.25) is 0 Å². The molecule has 0 aliphatic rings. The summed E-state index contributed by atoms with van der Waals surface area (Å²) in [6, 6.07) is 16.9. The number of rotatable bonds is 6. The van der Waals surface area contributed by atoms with Crippen LogP contribution < -0.4 is 5.32 Å². The fraction of sp³-hybridized carbons (Fsp3) is 0.200. The fourth-order valence-electron chi connectivity index (χ4n) is 2.31. The van der Waals surface area contributed by atoms with Crippen LogP contribution in [0.3, 0.4) is 0 Å². The molecule has 0 unspecified atom stereocenters. The lowest BCUT2D eigenvalue weighted by Crippen LogP contribution is -2.02. The van der Waals surface area contributed by atoms with E-state index >= 15 is 0 Å². The van der Waals surface area contributed by atoms with Gasteiger partial charge in [0, 0.05) is 16.9 Å². The number of anilines is 1. The maximum atomic E-state index is 4.15. The number of hydrogen-bond acceptors (Lipinski definition) is 1. The number of aryl methyl sites for hydroxylation is 2. The summed E-state index contributed by atoms with van der Waals surface area (Å²) in [4.78, 5) is 0. The monoisotopic (exact) mass is 277 g/mol. The molecule has 0 amide bonds. The van der Waals surface area contributed by atoms with Crippen molar-refractivity contribution in [2.45, 2.75) is 26.7 Å². The Kier molecular flexibility index (Phi) is 4.99. The molecule has 0 saturated heterocycles. The van der Waals surface area contributed by atoms with Gasteiger partial charge in [-0.2, -0.15) is 0 Å². The van der Waals surface area contributed by atoms with Gasteiger partial charge >= 0.3 is 0 Å². The average molecular weight is 277 g/mol. The van der Waals surface area contributed by atoms with Gasteiger partial charge in [-0.1, -0.05) is 55.1 Å². The normalized spacial score (nSPS) is 10.2. The van der Waals surface area contributed by atoms with E-state index in [1.165, 1.54) is 11.1 Å². The smallest absolute Gasteiger partial charge is 0.0457 e. The lowest BCUT2D eigenvalue weighted by molar-refractivity contribution is 0.950. The van der Waals surface area contributed by atoms with Crippen molar-refractivity contribution in [1.82, 2.24) is 0 Å². The summed E-state index contributed by atoms with van der Waals surface area (Å²) in [6.45, 7) is 12.3. The molecular formula is C20H23N. The molecule has 108 valence electrons. The van der Waals surface area contributed by atoms with Gasteiger partial charge < -0.3 is 5.32 Å². The summed E-state index contributed by atoms with van der Waals surface area (Å²) in [5.41, 5.74) is 6.93. The van der Waals surface area contributed by atoms with Crippen LogP contribution in [0, 0.1) is 6.92 Å². The molecule has 2 rings (SSSR count). The van der Waals surface area contributed by atoms with E-state index in [2.05, 4.69) is 67.9 Å². The summed E-state index contributed by atoms with van der Waals surface area (Å²) < 4.78 is 0. The summed E-state index contributed by atoms with van der Waals surface area (Å²) in [6.07, 6.45) is 1.93. The van der Waals surface area contributed by atoms with Crippen LogP contribution in [0.2, 0.25) is 0 Å². The highest BCUT2D eigenvalue weighted by Gasteiger charge is 2.05. The second-order valence-electron chi connectivity index (χ2n) is 5.54. The average Bonchev–Trinajstić information content (AvgIpc) is 2.48. The van der Waals surface area contributed by atoms with Crippen molar-refractivity contribution in [2.75, 3.05) is 5.32 Å². The molecule has 2 aromatic carbocycles. The van der Waals surface area contributed by atoms with E-state index in [1.807, 2.05) is 13.0 Å². The summed E-state index contributed by atoms with van der Waals surface area (Å²) in [5.74, 6) is 0. The molecule has 2 aromatic rings. The molecule has 0 aliphatic carbocycles. The third-order valence-electron chi connectivity index (χ3n) is 3.50. The van der Waals surface area contributed by atoms with Crippen molar-refractivity contribution in [3.05, 3.63) is 84.1 Å². The van der Waals surface area contributed by atoms with E-state index in [-0.39, 0.29) is 0 Å². The standard InChI is InChI=1S/C20H23N/c1-15(2)19-14-16(3)10-13-20(19)21-17(4)11-12-18-8-6-5-7-9-18/h5-10,13-14,21H,1,4,11-12H2,2-3H3. The van der Waals surface area contributed by atoms with Crippen molar-refractivity contribution >= 4 is 11.3 Å². The zero-order valence-corrected chi connectivity index (χ0v) is 12.9. The van der Waals surface area contributed by atoms with Gasteiger partial charge in [0.1, 0.15) is 0 Å². The van der Waals surface area contributed by atoms with Gasteiger partial charge in [-0.05, 0) is 50.0 Å². The van der Waals surface area contributed by atoms with Crippen LogP contribution in [0.15, 0.2) is 67.4 Å². The van der Waals surface area contributed by atoms with Gasteiger partial charge in [0.15, 0.2) is 0 Å². The molecule has 0 radical (unpaired) electrons. The first-order chi connectivity index (χ1) is 10.1. The van der Waals surface area contributed by atoms with Crippen molar-refractivity contribution in [2.24, 2.45) is 0 Å². The Hall–Kier alpha value is -2.28. The summed E-state index contributed by atoms with van der Waals surface area (Å²) >= 11 is 0. The molecule has 0 fully saturated rings. The first kappa shape index (κ1) is 15.1. The Labute approximate surface area is 128 Å². The van der Waals surface area contributed by atoms with Gasteiger partial charge in [-0.3, -0.25) is 0 Å². The molecule has 21 heavy (non-hydrogen) atoms. The van der Waals surface area contributed by atoms with Crippen molar-refractivity contribution < 1.29 is 0 Å². The highest BCUT2D eigenvalue weighted by atomic mass is 14.9. The fourth-order valence-corrected chi connectivity index (χ4v) is 2.31. The number of allylic oxidation sites excluding steroid dienone is 2. The van der Waals surface area contributed by atoms with E-state index < -0.39 is 0 Å². The molecule has 0 aliphatic heterocycles. The molecule has 0 bridgehead atoms. The largest absolute Gasteiger partial charge is 0.359 e. The van der Waals surface area contributed by atoms with Crippen LogP contribution in [-0.4, -0.2) is 0 Å². The van der Waals surface area contributed by atoms with Crippen LogP contribution in [0.5, 0.6) is 0 Å². The SMILES string of the molecule is C=C(CCc1ccccc1)Nc1ccc(C)cc1C(=C)C. The second kappa shape index (κ2) is 6.94. The van der Waals surface area contributed by atoms with E-state index in [1.54, 1.807) is 0 Å². The second-order valence-corrected chi connectivity index (χ2v) is 5.54. The van der Waals surface area contributed by atoms with Crippen LogP contribution in [0.25, 0.3) is 5.57 Å². The molecule has 1 nitrogen and oxygen atoms in total. The Morgan fingerprint density at radius 1 is 1.05 bits per heavy atom. The molecule has 0 heterocycles. The van der Waals surface area contributed by atoms with E-state index in [0.717, 1.165) is 35.4 Å². The Balaban J connectivity index is 2.01. The number of nitrogens with one attached hydrogen (secondary N) is 1. The quantitative estimate of drug-likeness (QED) is 0.726. The molecule has 0 aromatic heterocycles. The summed E-state index contributed by atoms with van der Waals surface area (Å²) in [7, 11) is 0.